The Hall–Kier alpha value is -0.580. The highest BCUT2D eigenvalue weighted by Crippen LogP contribution is 2.22. The van der Waals surface area contributed by atoms with E-state index in [1.807, 2.05) is 12.3 Å². The molecule has 2 aromatic rings. The highest BCUT2D eigenvalue weighted by Gasteiger charge is 2.04. The smallest absolute Gasteiger partial charge is 0.147 e. The van der Waals surface area contributed by atoms with E-state index in [0.717, 1.165) is 15.4 Å². The van der Waals surface area contributed by atoms with E-state index >= 15 is 0 Å². The van der Waals surface area contributed by atoms with Crippen LogP contribution in [-0.2, 0) is 4.43 Å². The van der Waals surface area contributed by atoms with Gasteiger partial charge in [-0.05, 0) is 11.6 Å². The Bertz CT molecular complexity index is 408. The number of aromatic nitrogens is 1. The second-order valence-corrected chi connectivity index (χ2v) is 3.37. The molecular formula is C9H7FIN. The van der Waals surface area contributed by atoms with Crippen molar-refractivity contribution in [3.8, 4) is 0 Å². The van der Waals surface area contributed by atoms with Crippen molar-refractivity contribution in [2.75, 3.05) is 0 Å². The van der Waals surface area contributed by atoms with Crippen LogP contribution in [0.25, 0.3) is 10.9 Å². The maximum absolute atomic E-state index is 13.1. The van der Waals surface area contributed by atoms with Gasteiger partial charge in [0.1, 0.15) is 5.82 Å². The molecule has 0 saturated carbocycles. The lowest BCUT2D eigenvalue weighted by molar-refractivity contribution is 0.637. The van der Waals surface area contributed by atoms with Crippen molar-refractivity contribution in [1.82, 2.24) is 4.98 Å². The quantitative estimate of drug-likeness (QED) is 0.607. The van der Waals surface area contributed by atoms with E-state index in [2.05, 4.69) is 27.6 Å². The second-order valence-electron chi connectivity index (χ2n) is 2.61. The lowest BCUT2D eigenvalue weighted by Gasteiger charge is -1.92. The molecule has 1 aromatic carbocycles. The average Bonchev–Trinajstić information content (AvgIpc) is 2.49. The molecule has 0 saturated heterocycles. The van der Waals surface area contributed by atoms with E-state index in [9.17, 15) is 4.39 Å². The summed E-state index contributed by atoms with van der Waals surface area (Å²) in [4.78, 5) is 2.93. The number of aromatic amines is 1. The lowest BCUT2D eigenvalue weighted by atomic mass is 10.2. The van der Waals surface area contributed by atoms with E-state index in [-0.39, 0.29) is 5.82 Å². The number of H-pyrrole nitrogens is 1. The minimum Gasteiger partial charge on any atom is -0.358 e. The number of para-hydroxylation sites is 1. The zero-order valence-electron chi connectivity index (χ0n) is 6.27. The van der Waals surface area contributed by atoms with Crippen molar-refractivity contribution in [3.05, 3.63) is 35.8 Å². The van der Waals surface area contributed by atoms with Crippen LogP contribution in [0.5, 0.6) is 0 Å². The van der Waals surface area contributed by atoms with Gasteiger partial charge in [0.05, 0.1) is 5.52 Å². The number of nitrogens with one attached hydrogen (secondary N) is 1. The topological polar surface area (TPSA) is 15.8 Å². The van der Waals surface area contributed by atoms with Crippen LogP contribution >= 0.6 is 22.6 Å². The largest absolute Gasteiger partial charge is 0.358 e. The monoisotopic (exact) mass is 275 g/mol. The van der Waals surface area contributed by atoms with Crippen LogP contribution in [0.4, 0.5) is 4.39 Å². The first-order valence-corrected chi connectivity index (χ1v) is 5.16. The Kier molecular flexibility index (Phi) is 2.04. The maximum atomic E-state index is 13.1. The van der Waals surface area contributed by atoms with E-state index in [0.29, 0.717) is 5.52 Å². The van der Waals surface area contributed by atoms with Gasteiger partial charge in [-0.2, -0.15) is 0 Å². The summed E-state index contributed by atoms with van der Waals surface area (Å²) < 4.78 is 14.0. The first-order valence-electron chi connectivity index (χ1n) is 3.63. The second kappa shape index (κ2) is 3.05. The standard InChI is InChI=1S/C9H7FIN/c10-8-3-1-2-7-6(4-11)5-12-9(7)8/h1-3,5,12H,4H2. The van der Waals surface area contributed by atoms with Gasteiger partial charge < -0.3 is 4.98 Å². The van der Waals surface area contributed by atoms with E-state index < -0.39 is 0 Å². The third-order valence-electron chi connectivity index (χ3n) is 1.89. The van der Waals surface area contributed by atoms with E-state index in [4.69, 9.17) is 0 Å². The van der Waals surface area contributed by atoms with Crippen molar-refractivity contribution in [1.29, 1.82) is 0 Å². The van der Waals surface area contributed by atoms with Gasteiger partial charge in [0.15, 0.2) is 0 Å². The Morgan fingerprint density at radius 3 is 3.00 bits per heavy atom. The van der Waals surface area contributed by atoms with Crippen molar-refractivity contribution >= 4 is 33.5 Å². The Morgan fingerprint density at radius 2 is 2.25 bits per heavy atom. The van der Waals surface area contributed by atoms with Crippen LogP contribution in [0, 0.1) is 5.82 Å². The van der Waals surface area contributed by atoms with Gasteiger partial charge in [0, 0.05) is 16.0 Å². The number of fused-ring (bicyclic) bond motifs is 1. The van der Waals surface area contributed by atoms with Gasteiger partial charge >= 0.3 is 0 Å². The molecule has 0 atom stereocenters. The molecule has 0 bridgehead atoms. The minimum atomic E-state index is -0.177. The third kappa shape index (κ3) is 1.12. The van der Waals surface area contributed by atoms with Crippen molar-refractivity contribution < 1.29 is 4.39 Å². The minimum absolute atomic E-state index is 0.177. The summed E-state index contributed by atoms with van der Waals surface area (Å²) in [6, 6.07) is 5.14. The number of rotatable bonds is 1. The van der Waals surface area contributed by atoms with Gasteiger partial charge in [0.2, 0.25) is 0 Å². The van der Waals surface area contributed by atoms with Gasteiger partial charge in [-0.1, -0.05) is 34.7 Å². The molecule has 0 radical (unpaired) electrons. The predicted molar refractivity (Wildman–Crippen MR) is 56.0 cm³/mol. The van der Waals surface area contributed by atoms with Gasteiger partial charge in [-0.15, -0.1) is 0 Å². The van der Waals surface area contributed by atoms with Crippen LogP contribution in [0.3, 0.4) is 0 Å². The fourth-order valence-corrected chi connectivity index (χ4v) is 1.92. The maximum Gasteiger partial charge on any atom is 0.147 e. The Labute approximate surface area is 83.1 Å². The number of hydrogen-bond donors (Lipinski definition) is 1. The molecule has 0 aliphatic carbocycles. The summed E-state index contributed by atoms with van der Waals surface area (Å²) in [5, 5.41) is 0.990. The first-order chi connectivity index (χ1) is 5.83. The fourth-order valence-electron chi connectivity index (χ4n) is 1.29. The highest BCUT2D eigenvalue weighted by atomic mass is 127. The van der Waals surface area contributed by atoms with Crippen molar-refractivity contribution in [3.63, 3.8) is 0 Å². The molecule has 1 heterocycles. The number of halogens is 2. The Balaban J connectivity index is 2.80. The molecule has 1 nitrogen and oxygen atoms in total. The summed E-state index contributed by atoms with van der Waals surface area (Å²) in [7, 11) is 0. The van der Waals surface area contributed by atoms with Gasteiger partial charge in [-0.25, -0.2) is 4.39 Å². The molecule has 62 valence electrons. The van der Waals surface area contributed by atoms with E-state index in [1.54, 1.807) is 6.07 Å². The number of benzene rings is 1. The number of alkyl halides is 1. The number of hydrogen-bond acceptors (Lipinski definition) is 0. The van der Waals surface area contributed by atoms with Crippen LogP contribution in [0.1, 0.15) is 5.56 Å². The zero-order chi connectivity index (χ0) is 8.55. The molecule has 0 aliphatic rings. The van der Waals surface area contributed by atoms with E-state index in [1.165, 1.54) is 6.07 Å². The lowest BCUT2D eigenvalue weighted by Crippen LogP contribution is -1.76. The molecule has 0 aliphatic heterocycles. The van der Waals surface area contributed by atoms with Crippen molar-refractivity contribution in [2.24, 2.45) is 0 Å². The summed E-state index contributed by atoms with van der Waals surface area (Å²) in [6.07, 6.45) is 1.86. The predicted octanol–water partition coefficient (Wildman–Crippen LogP) is 3.24. The molecule has 0 unspecified atom stereocenters. The van der Waals surface area contributed by atoms with Crippen LogP contribution in [0.2, 0.25) is 0 Å². The molecule has 0 fully saturated rings. The molecule has 1 N–H and O–H groups in total. The zero-order valence-corrected chi connectivity index (χ0v) is 8.43. The SMILES string of the molecule is Fc1cccc2c(CI)c[nH]c12. The van der Waals surface area contributed by atoms with Crippen molar-refractivity contribution in [2.45, 2.75) is 4.43 Å². The molecule has 0 spiro atoms. The highest BCUT2D eigenvalue weighted by molar-refractivity contribution is 14.1. The Morgan fingerprint density at radius 1 is 1.42 bits per heavy atom. The molecular weight excluding hydrogens is 268 g/mol. The van der Waals surface area contributed by atoms with Crippen LogP contribution in [-0.4, -0.2) is 4.98 Å². The molecule has 3 heteroatoms. The third-order valence-corrected chi connectivity index (χ3v) is 2.72. The average molecular weight is 275 g/mol. The van der Waals surface area contributed by atoms with Gasteiger partial charge in [-0.3, -0.25) is 0 Å². The summed E-state index contributed by atoms with van der Waals surface area (Å²) in [6.45, 7) is 0. The molecule has 2 rings (SSSR count). The summed E-state index contributed by atoms with van der Waals surface area (Å²) in [5.74, 6) is -0.177. The van der Waals surface area contributed by atoms with Crippen LogP contribution < -0.4 is 0 Å². The first kappa shape index (κ1) is 8.04. The summed E-state index contributed by atoms with van der Waals surface area (Å²) >= 11 is 2.27. The molecule has 0 amide bonds. The molecule has 1 aromatic heterocycles. The summed E-state index contributed by atoms with van der Waals surface area (Å²) in [5.41, 5.74) is 1.77. The van der Waals surface area contributed by atoms with Gasteiger partial charge in [0.25, 0.3) is 0 Å². The normalized spacial score (nSPS) is 10.8. The fraction of sp³-hybridized carbons (Fsp3) is 0.111. The van der Waals surface area contributed by atoms with Crippen LogP contribution in [0.15, 0.2) is 24.4 Å². The molecule has 12 heavy (non-hydrogen) atoms.